The van der Waals surface area contributed by atoms with Gasteiger partial charge < -0.3 is 15.6 Å². The molecule has 1 aromatic rings. The largest absolute Gasteiger partial charge is 0.481 e. The highest BCUT2D eigenvalue weighted by Gasteiger charge is 2.39. The van der Waals surface area contributed by atoms with Crippen LogP contribution in [0.25, 0.3) is 0 Å². The number of carbonyl (C=O) groups is 4. The van der Waals surface area contributed by atoms with E-state index in [0.717, 1.165) is 4.90 Å². The molecule has 8 heteroatoms. The van der Waals surface area contributed by atoms with Gasteiger partial charge in [0.25, 0.3) is 11.8 Å². The fourth-order valence-corrected chi connectivity index (χ4v) is 2.69. The van der Waals surface area contributed by atoms with Crippen LogP contribution in [0.2, 0.25) is 0 Å². The standard InChI is InChI=1S/C18H22N2O6/c1-18(2,3)26-17(25)12(16(23)24)8-9-13(19)20-14(21)10-6-4-5-7-11(10)15(20)22/h4-7,12-13H,8-9,19H2,1-3H3,(H,23,24). The van der Waals surface area contributed by atoms with E-state index in [1.54, 1.807) is 32.9 Å². The molecule has 8 nitrogen and oxygen atoms in total. The predicted molar refractivity (Wildman–Crippen MR) is 91.1 cm³/mol. The van der Waals surface area contributed by atoms with E-state index in [1.165, 1.54) is 12.1 Å². The maximum absolute atomic E-state index is 12.4. The molecule has 1 aliphatic rings. The molecule has 0 saturated heterocycles. The second-order valence-electron chi connectivity index (χ2n) is 7.09. The van der Waals surface area contributed by atoms with E-state index in [4.69, 9.17) is 10.5 Å². The van der Waals surface area contributed by atoms with Gasteiger partial charge in [-0.05, 0) is 45.7 Å². The lowest BCUT2D eigenvalue weighted by atomic mass is 10.0. The molecule has 0 bridgehead atoms. The van der Waals surface area contributed by atoms with Crippen LogP contribution in [0.15, 0.2) is 24.3 Å². The van der Waals surface area contributed by atoms with Crippen molar-refractivity contribution in [3.8, 4) is 0 Å². The monoisotopic (exact) mass is 362 g/mol. The van der Waals surface area contributed by atoms with Crippen LogP contribution in [0.3, 0.4) is 0 Å². The fourth-order valence-electron chi connectivity index (χ4n) is 2.69. The number of benzene rings is 1. The Bertz CT molecular complexity index is 717. The molecule has 3 N–H and O–H groups in total. The van der Waals surface area contributed by atoms with Crippen LogP contribution >= 0.6 is 0 Å². The van der Waals surface area contributed by atoms with E-state index in [0.29, 0.717) is 0 Å². The van der Waals surface area contributed by atoms with E-state index in [-0.39, 0.29) is 24.0 Å². The summed E-state index contributed by atoms with van der Waals surface area (Å²) in [5, 5.41) is 9.28. The van der Waals surface area contributed by atoms with Gasteiger partial charge in [0.2, 0.25) is 0 Å². The minimum atomic E-state index is -1.42. The summed E-state index contributed by atoms with van der Waals surface area (Å²) in [6.07, 6.45) is -1.23. The number of ether oxygens (including phenoxy) is 1. The first kappa shape index (κ1) is 19.6. The number of carboxylic acids is 1. The number of hydrogen-bond acceptors (Lipinski definition) is 6. The maximum atomic E-state index is 12.4. The van der Waals surface area contributed by atoms with Crippen molar-refractivity contribution in [1.29, 1.82) is 0 Å². The number of nitrogens with zero attached hydrogens (tertiary/aromatic N) is 1. The van der Waals surface area contributed by atoms with Crippen molar-refractivity contribution in [2.24, 2.45) is 11.7 Å². The summed E-state index contributed by atoms with van der Waals surface area (Å²) >= 11 is 0. The van der Waals surface area contributed by atoms with Gasteiger partial charge in [0.1, 0.15) is 5.60 Å². The lowest BCUT2D eigenvalue weighted by Gasteiger charge is -2.25. The number of amides is 2. The molecule has 0 fully saturated rings. The Kier molecular flexibility index (Phi) is 5.46. The molecule has 1 aliphatic heterocycles. The average Bonchev–Trinajstić information content (AvgIpc) is 2.77. The molecule has 1 aromatic carbocycles. The van der Waals surface area contributed by atoms with Crippen LogP contribution < -0.4 is 5.73 Å². The Balaban J connectivity index is 2.06. The van der Waals surface area contributed by atoms with Crippen molar-refractivity contribution in [3.05, 3.63) is 35.4 Å². The van der Waals surface area contributed by atoms with Gasteiger partial charge in [-0.25, -0.2) is 0 Å². The summed E-state index contributed by atoms with van der Waals surface area (Å²) in [5.74, 6) is -4.69. The van der Waals surface area contributed by atoms with Crippen molar-refractivity contribution in [1.82, 2.24) is 4.90 Å². The zero-order valence-corrected chi connectivity index (χ0v) is 14.9. The number of carboxylic acid groups (broad SMARTS) is 1. The van der Waals surface area contributed by atoms with Crippen LogP contribution in [-0.4, -0.2) is 45.5 Å². The van der Waals surface area contributed by atoms with Crippen molar-refractivity contribution < 1.29 is 29.0 Å². The van der Waals surface area contributed by atoms with Gasteiger partial charge in [0.05, 0.1) is 17.3 Å². The molecule has 0 aromatic heterocycles. The van der Waals surface area contributed by atoms with Gasteiger partial charge in [-0.2, -0.15) is 0 Å². The topological polar surface area (TPSA) is 127 Å². The van der Waals surface area contributed by atoms with E-state index in [2.05, 4.69) is 0 Å². The Morgan fingerprint density at radius 1 is 1.12 bits per heavy atom. The minimum absolute atomic E-state index is 0.0400. The first-order valence-electron chi connectivity index (χ1n) is 8.21. The van der Waals surface area contributed by atoms with Crippen LogP contribution in [0.1, 0.15) is 54.3 Å². The average molecular weight is 362 g/mol. The smallest absolute Gasteiger partial charge is 0.320 e. The van der Waals surface area contributed by atoms with Gasteiger partial charge in [-0.3, -0.25) is 24.1 Å². The normalized spacial score (nSPS) is 16.2. The summed E-state index contributed by atoms with van der Waals surface area (Å²) in [4.78, 5) is 49.1. The molecular formula is C18H22N2O6. The Labute approximate surface area is 150 Å². The number of esters is 1. The molecular weight excluding hydrogens is 340 g/mol. The molecule has 1 heterocycles. The van der Waals surface area contributed by atoms with Gasteiger partial charge in [0, 0.05) is 0 Å². The molecule has 0 aliphatic carbocycles. The van der Waals surface area contributed by atoms with Crippen LogP contribution in [0.4, 0.5) is 0 Å². The highest BCUT2D eigenvalue weighted by molar-refractivity contribution is 6.21. The predicted octanol–water partition coefficient (Wildman–Crippen LogP) is 1.39. The summed E-state index contributed by atoms with van der Waals surface area (Å²) in [5.41, 5.74) is 5.65. The van der Waals surface area contributed by atoms with E-state index < -0.39 is 41.4 Å². The van der Waals surface area contributed by atoms with Crippen molar-refractivity contribution in [2.45, 2.75) is 45.4 Å². The molecule has 140 valence electrons. The third kappa shape index (κ3) is 4.08. The summed E-state index contributed by atoms with van der Waals surface area (Å²) in [7, 11) is 0. The number of nitrogens with two attached hydrogens (primary N) is 1. The van der Waals surface area contributed by atoms with Crippen LogP contribution in [0.5, 0.6) is 0 Å². The molecule has 2 unspecified atom stereocenters. The lowest BCUT2D eigenvalue weighted by Crippen LogP contribution is -2.46. The maximum Gasteiger partial charge on any atom is 0.320 e. The van der Waals surface area contributed by atoms with E-state index >= 15 is 0 Å². The zero-order valence-electron chi connectivity index (χ0n) is 14.9. The molecule has 2 amide bonds. The summed E-state index contributed by atoms with van der Waals surface area (Å²) < 4.78 is 5.10. The van der Waals surface area contributed by atoms with Crippen molar-refractivity contribution in [2.75, 3.05) is 0 Å². The Morgan fingerprint density at radius 2 is 1.62 bits per heavy atom. The zero-order chi connectivity index (χ0) is 19.6. The summed E-state index contributed by atoms with van der Waals surface area (Å²) in [6.45, 7) is 4.90. The van der Waals surface area contributed by atoms with Gasteiger partial charge >= 0.3 is 11.9 Å². The molecule has 2 atom stereocenters. The number of carbonyl (C=O) groups excluding carboxylic acids is 3. The molecule has 2 rings (SSSR count). The number of rotatable bonds is 6. The number of imide groups is 1. The highest BCUT2D eigenvalue weighted by Crippen LogP contribution is 2.25. The van der Waals surface area contributed by atoms with Crippen LogP contribution in [0, 0.1) is 5.92 Å². The fraction of sp³-hybridized carbons (Fsp3) is 0.444. The third-order valence-electron chi connectivity index (χ3n) is 3.90. The SMILES string of the molecule is CC(C)(C)OC(=O)C(CCC(N)N1C(=O)c2ccccc2C1=O)C(=O)O. The third-order valence-corrected chi connectivity index (χ3v) is 3.90. The lowest BCUT2D eigenvalue weighted by molar-refractivity contribution is -0.167. The van der Waals surface area contributed by atoms with E-state index in [9.17, 15) is 24.3 Å². The Hall–Kier alpha value is -2.74. The first-order chi connectivity index (χ1) is 12.0. The van der Waals surface area contributed by atoms with Gasteiger partial charge in [-0.1, -0.05) is 12.1 Å². The molecule has 26 heavy (non-hydrogen) atoms. The number of fused-ring (bicyclic) bond motifs is 1. The number of aliphatic carboxylic acids is 1. The second-order valence-corrected chi connectivity index (χ2v) is 7.09. The molecule has 0 saturated carbocycles. The van der Waals surface area contributed by atoms with Gasteiger partial charge in [-0.15, -0.1) is 0 Å². The first-order valence-corrected chi connectivity index (χ1v) is 8.21. The molecule has 0 radical (unpaired) electrons. The molecule has 0 spiro atoms. The minimum Gasteiger partial charge on any atom is -0.481 e. The second kappa shape index (κ2) is 7.25. The Morgan fingerprint density at radius 3 is 2.04 bits per heavy atom. The van der Waals surface area contributed by atoms with Gasteiger partial charge in [0.15, 0.2) is 5.92 Å². The van der Waals surface area contributed by atoms with E-state index in [1.807, 2.05) is 0 Å². The number of hydrogen-bond donors (Lipinski definition) is 2. The van der Waals surface area contributed by atoms with Crippen molar-refractivity contribution in [3.63, 3.8) is 0 Å². The quantitative estimate of drug-likeness (QED) is 0.445. The summed E-state index contributed by atoms with van der Waals surface area (Å²) in [6, 6.07) is 6.34. The van der Waals surface area contributed by atoms with Crippen molar-refractivity contribution >= 4 is 23.8 Å². The van der Waals surface area contributed by atoms with Crippen LogP contribution in [-0.2, 0) is 14.3 Å². The highest BCUT2D eigenvalue weighted by atomic mass is 16.6.